The van der Waals surface area contributed by atoms with E-state index in [1.807, 2.05) is 24.3 Å². The lowest BCUT2D eigenvalue weighted by molar-refractivity contribution is 0.376. The summed E-state index contributed by atoms with van der Waals surface area (Å²) in [5, 5.41) is 0. The zero-order valence-corrected chi connectivity index (χ0v) is 12.2. The summed E-state index contributed by atoms with van der Waals surface area (Å²) in [6.07, 6.45) is 0. The number of allylic oxidation sites excluding steroid dienone is 1. The van der Waals surface area contributed by atoms with Crippen LogP contribution in [-0.2, 0) is 0 Å². The third kappa shape index (κ3) is 4.71. The molecule has 0 bridgehead atoms. The van der Waals surface area contributed by atoms with E-state index in [9.17, 15) is 0 Å². The van der Waals surface area contributed by atoms with E-state index in [1.165, 1.54) is 0 Å². The SMILES string of the molecule is C=C(C)/C(N)=C(/NN)Oc1ccc(C#CC(C)C)cc1. The minimum absolute atomic E-state index is 0.276. The van der Waals surface area contributed by atoms with Crippen LogP contribution in [0, 0.1) is 17.8 Å². The highest BCUT2D eigenvalue weighted by Crippen LogP contribution is 2.16. The van der Waals surface area contributed by atoms with Crippen LogP contribution in [-0.4, -0.2) is 0 Å². The Morgan fingerprint density at radius 2 is 1.90 bits per heavy atom. The third-order valence-corrected chi connectivity index (χ3v) is 2.41. The van der Waals surface area contributed by atoms with Gasteiger partial charge in [0.25, 0.3) is 0 Å². The Labute approximate surface area is 120 Å². The summed E-state index contributed by atoms with van der Waals surface area (Å²) in [7, 11) is 0. The van der Waals surface area contributed by atoms with Gasteiger partial charge in [0.1, 0.15) is 5.75 Å². The fourth-order valence-corrected chi connectivity index (χ4v) is 1.31. The van der Waals surface area contributed by atoms with Crippen LogP contribution in [0.3, 0.4) is 0 Å². The molecule has 0 aliphatic rings. The molecule has 4 heteroatoms. The van der Waals surface area contributed by atoms with Crippen LogP contribution in [0.1, 0.15) is 26.3 Å². The minimum atomic E-state index is 0.276. The van der Waals surface area contributed by atoms with E-state index in [0.29, 0.717) is 22.9 Å². The average Bonchev–Trinajstić information content (AvgIpc) is 2.42. The van der Waals surface area contributed by atoms with Crippen LogP contribution in [0.2, 0.25) is 0 Å². The highest BCUT2D eigenvalue weighted by Gasteiger charge is 2.05. The summed E-state index contributed by atoms with van der Waals surface area (Å²) >= 11 is 0. The molecule has 0 saturated carbocycles. The Kier molecular flexibility index (Phi) is 5.70. The Bertz CT molecular complexity index is 560. The molecule has 0 aliphatic carbocycles. The molecule has 1 aromatic carbocycles. The summed E-state index contributed by atoms with van der Waals surface area (Å²) in [5.74, 6) is 12.8. The van der Waals surface area contributed by atoms with Crippen LogP contribution < -0.4 is 21.7 Å². The van der Waals surface area contributed by atoms with Crippen molar-refractivity contribution in [3.05, 3.63) is 53.6 Å². The maximum absolute atomic E-state index is 5.82. The number of nitrogens with one attached hydrogen (secondary N) is 1. The topological polar surface area (TPSA) is 73.3 Å². The van der Waals surface area contributed by atoms with Crippen molar-refractivity contribution in [2.24, 2.45) is 17.5 Å². The summed E-state index contributed by atoms with van der Waals surface area (Å²) < 4.78 is 5.58. The highest BCUT2D eigenvalue weighted by atomic mass is 16.5. The quantitative estimate of drug-likeness (QED) is 0.258. The Balaban J connectivity index is 2.88. The van der Waals surface area contributed by atoms with Gasteiger partial charge in [0.2, 0.25) is 5.88 Å². The lowest BCUT2D eigenvalue weighted by Crippen LogP contribution is -2.28. The van der Waals surface area contributed by atoms with E-state index in [1.54, 1.807) is 6.92 Å². The number of ether oxygens (including phenoxy) is 1. The molecule has 1 rings (SSSR count). The number of nitrogens with two attached hydrogens (primary N) is 2. The van der Waals surface area contributed by atoms with Crippen molar-refractivity contribution in [1.29, 1.82) is 0 Å². The van der Waals surface area contributed by atoms with Crippen molar-refractivity contribution >= 4 is 0 Å². The smallest absolute Gasteiger partial charge is 0.230 e. The molecular weight excluding hydrogens is 250 g/mol. The molecule has 0 fully saturated rings. The number of hydrogen-bond donors (Lipinski definition) is 3. The van der Waals surface area contributed by atoms with Crippen LogP contribution in [0.5, 0.6) is 5.75 Å². The monoisotopic (exact) mass is 271 g/mol. The van der Waals surface area contributed by atoms with Gasteiger partial charge in [-0.25, -0.2) is 5.84 Å². The van der Waals surface area contributed by atoms with Crippen molar-refractivity contribution in [2.75, 3.05) is 0 Å². The second-order valence-corrected chi connectivity index (χ2v) is 4.72. The van der Waals surface area contributed by atoms with E-state index >= 15 is 0 Å². The fraction of sp³-hybridized carbons (Fsp3) is 0.250. The zero-order chi connectivity index (χ0) is 15.1. The van der Waals surface area contributed by atoms with Gasteiger partial charge in [-0.2, -0.15) is 0 Å². The lowest BCUT2D eigenvalue weighted by Gasteiger charge is -2.12. The van der Waals surface area contributed by atoms with Crippen LogP contribution in [0.4, 0.5) is 0 Å². The zero-order valence-electron chi connectivity index (χ0n) is 12.2. The van der Waals surface area contributed by atoms with Crippen molar-refractivity contribution in [3.63, 3.8) is 0 Å². The molecule has 20 heavy (non-hydrogen) atoms. The Morgan fingerprint density at radius 1 is 1.30 bits per heavy atom. The Hall–Kier alpha value is -2.38. The molecule has 1 aromatic rings. The molecular formula is C16H21N3O. The van der Waals surface area contributed by atoms with E-state index in [4.69, 9.17) is 16.3 Å². The van der Waals surface area contributed by atoms with Crippen LogP contribution in [0.25, 0.3) is 0 Å². The van der Waals surface area contributed by atoms with Gasteiger partial charge in [-0.15, -0.1) is 0 Å². The normalized spacial score (nSPS) is 11.2. The van der Waals surface area contributed by atoms with Crippen molar-refractivity contribution in [1.82, 2.24) is 5.43 Å². The van der Waals surface area contributed by atoms with Gasteiger partial charge in [-0.1, -0.05) is 32.3 Å². The second kappa shape index (κ2) is 7.27. The molecule has 0 spiro atoms. The fourth-order valence-electron chi connectivity index (χ4n) is 1.31. The second-order valence-electron chi connectivity index (χ2n) is 4.72. The van der Waals surface area contributed by atoms with E-state index < -0.39 is 0 Å². The third-order valence-electron chi connectivity index (χ3n) is 2.41. The first-order valence-corrected chi connectivity index (χ1v) is 6.35. The predicted molar refractivity (Wildman–Crippen MR) is 82.1 cm³/mol. The molecule has 0 aliphatic heterocycles. The lowest BCUT2D eigenvalue weighted by atomic mass is 10.2. The molecule has 0 atom stereocenters. The van der Waals surface area contributed by atoms with E-state index in [0.717, 1.165) is 5.56 Å². The molecule has 0 unspecified atom stereocenters. The summed E-state index contributed by atoms with van der Waals surface area (Å²) in [5.41, 5.74) is 10.2. The first kappa shape index (κ1) is 15.7. The van der Waals surface area contributed by atoms with Crippen molar-refractivity contribution in [2.45, 2.75) is 20.8 Å². The Morgan fingerprint density at radius 3 is 2.35 bits per heavy atom. The maximum Gasteiger partial charge on any atom is 0.230 e. The maximum atomic E-state index is 5.82. The first-order valence-electron chi connectivity index (χ1n) is 6.35. The number of hydrogen-bond acceptors (Lipinski definition) is 4. The molecule has 4 nitrogen and oxygen atoms in total. The summed E-state index contributed by atoms with van der Waals surface area (Å²) in [6, 6.07) is 7.40. The number of benzene rings is 1. The molecule has 0 aromatic heterocycles. The minimum Gasteiger partial charge on any atom is -0.438 e. The van der Waals surface area contributed by atoms with Gasteiger partial charge in [-0.3, -0.25) is 5.43 Å². The average molecular weight is 271 g/mol. The first-order chi connectivity index (χ1) is 9.43. The standard InChI is InChI=1S/C16H21N3O/c1-11(2)5-6-13-7-9-14(10-8-13)20-16(19-18)15(17)12(3)4/h7-11,19H,3,17-18H2,1-2,4H3/b16-15+. The molecule has 0 saturated heterocycles. The summed E-state index contributed by atoms with van der Waals surface area (Å²) in [6.45, 7) is 9.62. The predicted octanol–water partition coefficient (Wildman–Crippen LogP) is 2.24. The van der Waals surface area contributed by atoms with E-state index in [-0.39, 0.29) is 5.88 Å². The van der Waals surface area contributed by atoms with Gasteiger partial charge >= 0.3 is 0 Å². The number of hydrazine groups is 1. The molecule has 0 amide bonds. The van der Waals surface area contributed by atoms with Gasteiger partial charge in [0.05, 0.1) is 5.70 Å². The van der Waals surface area contributed by atoms with Crippen molar-refractivity contribution < 1.29 is 4.74 Å². The van der Waals surface area contributed by atoms with Gasteiger partial charge in [0.15, 0.2) is 0 Å². The molecule has 0 radical (unpaired) electrons. The van der Waals surface area contributed by atoms with E-state index in [2.05, 4.69) is 37.7 Å². The molecule has 106 valence electrons. The van der Waals surface area contributed by atoms with Crippen LogP contribution in [0.15, 0.2) is 48.0 Å². The van der Waals surface area contributed by atoms with Crippen LogP contribution >= 0.6 is 0 Å². The highest BCUT2D eigenvalue weighted by molar-refractivity contribution is 5.39. The van der Waals surface area contributed by atoms with Gasteiger partial charge in [0, 0.05) is 11.5 Å². The molecule has 0 heterocycles. The largest absolute Gasteiger partial charge is 0.438 e. The van der Waals surface area contributed by atoms with Gasteiger partial charge < -0.3 is 10.5 Å². The van der Waals surface area contributed by atoms with Crippen molar-refractivity contribution in [3.8, 4) is 17.6 Å². The van der Waals surface area contributed by atoms with Gasteiger partial charge in [-0.05, 0) is 36.8 Å². The summed E-state index contributed by atoms with van der Waals surface area (Å²) in [4.78, 5) is 0. The number of rotatable bonds is 4. The molecule has 5 N–H and O–H groups in total.